The molecule has 0 aliphatic heterocycles. The van der Waals surface area contributed by atoms with Crippen molar-refractivity contribution in [3.05, 3.63) is 61.1 Å². The summed E-state index contributed by atoms with van der Waals surface area (Å²) in [6.07, 6.45) is 4.86. The molecule has 2 aromatic heterocycles. The second-order valence-corrected chi connectivity index (χ2v) is 8.11. The van der Waals surface area contributed by atoms with Crippen LogP contribution in [-0.4, -0.2) is 34.1 Å². The van der Waals surface area contributed by atoms with Crippen molar-refractivity contribution in [1.29, 1.82) is 0 Å². The lowest BCUT2D eigenvalue weighted by atomic mass is 10.3. The van der Waals surface area contributed by atoms with Gasteiger partial charge < -0.3 is 9.72 Å². The van der Waals surface area contributed by atoms with E-state index in [9.17, 15) is 8.42 Å². The molecule has 0 fully saturated rings. The molecule has 0 bridgehead atoms. The summed E-state index contributed by atoms with van der Waals surface area (Å²) in [7, 11) is -3.22. The zero-order valence-corrected chi connectivity index (χ0v) is 15.3. The first-order valence-electron chi connectivity index (χ1n) is 8.32. The van der Waals surface area contributed by atoms with Gasteiger partial charge in [-0.05, 0) is 36.4 Å². The monoisotopic (exact) mass is 380 g/mol. The Balaban J connectivity index is 1.59. The number of aromatic nitrogens is 4. The van der Waals surface area contributed by atoms with Crippen molar-refractivity contribution in [1.82, 2.24) is 19.9 Å². The first kappa shape index (κ1) is 17.2. The van der Waals surface area contributed by atoms with Gasteiger partial charge in [-0.1, -0.05) is 6.92 Å². The van der Waals surface area contributed by atoms with Crippen LogP contribution in [0.2, 0.25) is 0 Å². The highest BCUT2D eigenvalue weighted by Crippen LogP contribution is 2.27. The van der Waals surface area contributed by atoms with E-state index >= 15 is 0 Å². The first-order valence-corrected chi connectivity index (χ1v) is 9.97. The molecule has 4 rings (SSSR count). The number of fused-ring (bicyclic) bond motifs is 1. The van der Waals surface area contributed by atoms with E-state index in [0.29, 0.717) is 23.0 Å². The Hall–Kier alpha value is -3.26. The molecule has 2 heterocycles. The molecule has 7 nitrogen and oxygen atoms in total. The van der Waals surface area contributed by atoms with Crippen molar-refractivity contribution in [3.63, 3.8) is 0 Å². The molecule has 0 aliphatic rings. The van der Waals surface area contributed by atoms with Crippen LogP contribution < -0.4 is 4.74 Å². The number of imidazole rings is 1. The van der Waals surface area contributed by atoms with Crippen LogP contribution in [0.3, 0.4) is 0 Å². The lowest BCUT2D eigenvalue weighted by Crippen LogP contribution is -2.03. The second kappa shape index (κ2) is 6.81. The van der Waals surface area contributed by atoms with E-state index in [1.54, 1.807) is 55.8 Å². The zero-order valence-electron chi connectivity index (χ0n) is 14.5. The van der Waals surface area contributed by atoms with Crippen molar-refractivity contribution < 1.29 is 13.2 Å². The summed E-state index contributed by atoms with van der Waals surface area (Å²) in [6.45, 7) is 1.62. The van der Waals surface area contributed by atoms with Crippen molar-refractivity contribution >= 4 is 20.9 Å². The number of aromatic amines is 1. The molecule has 8 heteroatoms. The molecular weight excluding hydrogens is 364 g/mol. The maximum atomic E-state index is 11.9. The standard InChI is InChI=1S/C19H16N4O3S/c1-2-27(24,25)15-6-3-13(4-7-15)26-14-5-8-16-17(11-14)23-19(22-16)18-12-20-9-10-21-18/h3-12H,2H2,1H3,(H,22,23). The number of hydrogen-bond donors (Lipinski definition) is 1. The van der Waals surface area contributed by atoms with E-state index in [1.807, 2.05) is 12.1 Å². The molecule has 0 saturated heterocycles. The minimum absolute atomic E-state index is 0.0673. The minimum atomic E-state index is -3.22. The van der Waals surface area contributed by atoms with Crippen molar-refractivity contribution in [2.24, 2.45) is 0 Å². The Labute approximate surface area is 156 Å². The van der Waals surface area contributed by atoms with E-state index < -0.39 is 9.84 Å². The SMILES string of the molecule is CCS(=O)(=O)c1ccc(Oc2ccc3nc(-c4cnccn4)[nH]c3c2)cc1. The van der Waals surface area contributed by atoms with E-state index in [0.717, 1.165) is 11.0 Å². The number of sulfone groups is 1. The molecule has 0 spiro atoms. The summed E-state index contributed by atoms with van der Waals surface area (Å²) in [5, 5.41) is 0. The van der Waals surface area contributed by atoms with Crippen LogP contribution in [0, 0.1) is 0 Å². The van der Waals surface area contributed by atoms with Crippen molar-refractivity contribution in [2.75, 3.05) is 5.75 Å². The molecule has 136 valence electrons. The fourth-order valence-corrected chi connectivity index (χ4v) is 3.50. The molecule has 0 saturated carbocycles. The number of benzene rings is 2. The molecule has 0 amide bonds. The van der Waals surface area contributed by atoms with Crippen LogP contribution >= 0.6 is 0 Å². The van der Waals surface area contributed by atoms with Crippen molar-refractivity contribution in [2.45, 2.75) is 11.8 Å². The summed E-state index contributed by atoms with van der Waals surface area (Å²) in [6, 6.07) is 11.9. The number of rotatable bonds is 5. The van der Waals surface area contributed by atoms with Crippen LogP contribution in [0.5, 0.6) is 11.5 Å². The summed E-state index contributed by atoms with van der Waals surface area (Å²) in [4.78, 5) is 16.3. The Morgan fingerprint density at radius 1 is 1.04 bits per heavy atom. The van der Waals surface area contributed by atoms with Gasteiger partial charge in [-0.3, -0.25) is 4.98 Å². The lowest BCUT2D eigenvalue weighted by Gasteiger charge is -2.07. The number of hydrogen-bond acceptors (Lipinski definition) is 6. The number of nitrogens with zero attached hydrogens (tertiary/aromatic N) is 3. The highest BCUT2D eigenvalue weighted by molar-refractivity contribution is 7.91. The van der Waals surface area contributed by atoms with Crippen LogP contribution in [0.25, 0.3) is 22.6 Å². The van der Waals surface area contributed by atoms with E-state index in [-0.39, 0.29) is 10.6 Å². The van der Waals surface area contributed by atoms with Crippen LogP contribution in [0.4, 0.5) is 0 Å². The quantitative estimate of drug-likeness (QED) is 0.568. The van der Waals surface area contributed by atoms with E-state index in [4.69, 9.17) is 4.74 Å². The number of H-pyrrole nitrogens is 1. The average molecular weight is 380 g/mol. The van der Waals surface area contributed by atoms with Gasteiger partial charge in [0.1, 0.15) is 17.2 Å². The molecule has 2 aromatic carbocycles. The lowest BCUT2D eigenvalue weighted by molar-refractivity contribution is 0.483. The normalized spacial score (nSPS) is 11.6. The maximum Gasteiger partial charge on any atom is 0.178 e. The smallest absolute Gasteiger partial charge is 0.178 e. The van der Waals surface area contributed by atoms with Crippen molar-refractivity contribution in [3.8, 4) is 23.0 Å². The molecule has 1 N–H and O–H groups in total. The third kappa shape index (κ3) is 3.52. The molecular formula is C19H16N4O3S. The molecule has 0 radical (unpaired) electrons. The largest absolute Gasteiger partial charge is 0.457 e. The Morgan fingerprint density at radius 2 is 1.81 bits per heavy atom. The predicted molar refractivity (Wildman–Crippen MR) is 101 cm³/mol. The fourth-order valence-electron chi connectivity index (χ4n) is 2.61. The maximum absolute atomic E-state index is 11.9. The van der Waals surface area contributed by atoms with Gasteiger partial charge in [0.25, 0.3) is 0 Å². The third-order valence-electron chi connectivity index (χ3n) is 4.06. The summed E-state index contributed by atoms with van der Waals surface area (Å²) in [5.41, 5.74) is 2.25. The van der Waals surface area contributed by atoms with Gasteiger partial charge in [0, 0.05) is 18.5 Å². The number of nitrogens with one attached hydrogen (secondary N) is 1. The third-order valence-corrected chi connectivity index (χ3v) is 5.81. The average Bonchev–Trinajstić information content (AvgIpc) is 3.12. The molecule has 0 unspecified atom stereocenters. The zero-order chi connectivity index (χ0) is 18.9. The molecule has 27 heavy (non-hydrogen) atoms. The van der Waals surface area contributed by atoms with Gasteiger partial charge in [-0.25, -0.2) is 18.4 Å². The van der Waals surface area contributed by atoms with Gasteiger partial charge in [0.05, 0.1) is 27.9 Å². The van der Waals surface area contributed by atoms with Crippen LogP contribution in [0.15, 0.2) is 66.0 Å². The molecule has 4 aromatic rings. The fraction of sp³-hybridized carbons (Fsp3) is 0.105. The van der Waals surface area contributed by atoms with Gasteiger partial charge in [-0.2, -0.15) is 0 Å². The summed E-state index contributed by atoms with van der Waals surface area (Å²) in [5.74, 6) is 1.86. The first-order chi connectivity index (χ1) is 13.0. The molecule has 0 aliphatic carbocycles. The van der Waals surface area contributed by atoms with Gasteiger partial charge in [0.2, 0.25) is 0 Å². The Kier molecular flexibility index (Phi) is 4.33. The highest BCUT2D eigenvalue weighted by atomic mass is 32.2. The van der Waals surface area contributed by atoms with Gasteiger partial charge >= 0.3 is 0 Å². The van der Waals surface area contributed by atoms with Gasteiger partial charge in [-0.15, -0.1) is 0 Å². The number of ether oxygens (including phenoxy) is 1. The Morgan fingerprint density at radius 3 is 2.52 bits per heavy atom. The van der Waals surface area contributed by atoms with E-state index in [2.05, 4.69) is 19.9 Å². The summed E-state index contributed by atoms with van der Waals surface area (Å²) < 4.78 is 29.6. The second-order valence-electron chi connectivity index (χ2n) is 5.83. The van der Waals surface area contributed by atoms with Gasteiger partial charge in [0.15, 0.2) is 15.7 Å². The highest BCUT2D eigenvalue weighted by Gasteiger charge is 2.12. The molecule has 0 atom stereocenters. The van der Waals surface area contributed by atoms with Crippen LogP contribution in [-0.2, 0) is 9.84 Å². The Bertz CT molecular complexity index is 1190. The summed E-state index contributed by atoms with van der Waals surface area (Å²) >= 11 is 0. The van der Waals surface area contributed by atoms with Crippen LogP contribution in [0.1, 0.15) is 6.92 Å². The predicted octanol–water partition coefficient (Wildman–Crippen LogP) is 3.61. The topological polar surface area (TPSA) is 97.8 Å². The van der Waals surface area contributed by atoms with E-state index in [1.165, 1.54) is 0 Å². The minimum Gasteiger partial charge on any atom is -0.457 e.